The molecule has 0 saturated carbocycles. The fraction of sp³-hybridized carbons (Fsp3) is 0.312. The fourth-order valence-electron chi connectivity index (χ4n) is 2.44. The quantitative estimate of drug-likeness (QED) is 0.877. The summed E-state index contributed by atoms with van der Waals surface area (Å²) in [6, 6.07) is 4.47. The number of nitrogens with one attached hydrogen (secondary N) is 1. The molecule has 1 aromatic carbocycles. The van der Waals surface area contributed by atoms with Crippen molar-refractivity contribution >= 4 is 29.1 Å². The zero-order chi connectivity index (χ0) is 18.7. The first-order chi connectivity index (χ1) is 12.3. The Hall–Kier alpha value is -2.39. The first-order valence-corrected chi connectivity index (χ1v) is 8.06. The number of alkyl halides is 3. The standard InChI is InChI=1S/C16H14ClF3N4O2/c17-10-1-2-12(11(9-10)16(18,19)20)22-14(25)13-3-4-21-15(23-13)24-5-7-26-8-6-24/h1-4,9H,5-8H2,(H,22,25). The van der Waals surface area contributed by atoms with Crippen LogP contribution in [0.4, 0.5) is 24.8 Å². The molecule has 0 bridgehead atoms. The molecule has 6 nitrogen and oxygen atoms in total. The van der Waals surface area contributed by atoms with E-state index in [0.717, 1.165) is 12.1 Å². The van der Waals surface area contributed by atoms with Gasteiger partial charge in [0.15, 0.2) is 0 Å². The molecular formula is C16H14ClF3N4O2. The Kier molecular flexibility index (Phi) is 5.28. The lowest BCUT2D eigenvalue weighted by Gasteiger charge is -2.26. The lowest BCUT2D eigenvalue weighted by molar-refractivity contribution is -0.136. The molecule has 1 saturated heterocycles. The molecule has 10 heteroatoms. The van der Waals surface area contributed by atoms with E-state index in [1.165, 1.54) is 18.3 Å². The van der Waals surface area contributed by atoms with Gasteiger partial charge in [-0.25, -0.2) is 9.97 Å². The van der Waals surface area contributed by atoms with Crippen LogP contribution in [0.5, 0.6) is 0 Å². The number of aromatic nitrogens is 2. The number of morpholine rings is 1. The van der Waals surface area contributed by atoms with E-state index in [2.05, 4.69) is 15.3 Å². The summed E-state index contributed by atoms with van der Waals surface area (Å²) in [6.07, 6.45) is -3.27. The van der Waals surface area contributed by atoms with Gasteiger partial charge in [-0.05, 0) is 24.3 Å². The minimum atomic E-state index is -4.65. The van der Waals surface area contributed by atoms with Gasteiger partial charge < -0.3 is 15.0 Å². The largest absolute Gasteiger partial charge is 0.418 e. The number of amides is 1. The van der Waals surface area contributed by atoms with Crippen molar-refractivity contribution < 1.29 is 22.7 Å². The third-order valence-electron chi connectivity index (χ3n) is 3.70. The number of carbonyl (C=O) groups excluding carboxylic acids is 1. The van der Waals surface area contributed by atoms with Crippen molar-refractivity contribution in [1.82, 2.24) is 9.97 Å². The Morgan fingerprint density at radius 1 is 1.23 bits per heavy atom. The number of hydrogen-bond acceptors (Lipinski definition) is 5. The molecule has 1 aliphatic rings. The molecule has 0 unspecified atom stereocenters. The van der Waals surface area contributed by atoms with Crippen LogP contribution >= 0.6 is 11.6 Å². The Balaban J connectivity index is 1.83. The van der Waals surface area contributed by atoms with Crippen LogP contribution in [0, 0.1) is 0 Å². The third kappa shape index (κ3) is 4.23. The third-order valence-corrected chi connectivity index (χ3v) is 3.94. The highest BCUT2D eigenvalue weighted by molar-refractivity contribution is 6.30. The molecule has 1 fully saturated rings. The number of rotatable bonds is 3. The molecule has 138 valence electrons. The first-order valence-electron chi connectivity index (χ1n) is 7.68. The van der Waals surface area contributed by atoms with Crippen LogP contribution in [-0.2, 0) is 10.9 Å². The zero-order valence-electron chi connectivity index (χ0n) is 13.4. The number of anilines is 2. The maximum Gasteiger partial charge on any atom is 0.418 e. The lowest BCUT2D eigenvalue weighted by atomic mass is 10.1. The lowest BCUT2D eigenvalue weighted by Crippen LogP contribution is -2.37. The van der Waals surface area contributed by atoms with Gasteiger partial charge in [0.25, 0.3) is 5.91 Å². The smallest absolute Gasteiger partial charge is 0.378 e. The highest BCUT2D eigenvalue weighted by Crippen LogP contribution is 2.36. The van der Waals surface area contributed by atoms with E-state index in [-0.39, 0.29) is 10.7 Å². The number of benzene rings is 1. The molecule has 0 aliphatic carbocycles. The minimum Gasteiger partial charge on any atom is -0.378 e. The molecule has 1 N–H and O–H groups in total. The van der Waals surface area contributed by atoms with E-state index in [0.29, 0.717) is 32.3 Å². The average Bonchev–Trinajstić information content (AvgIpc) is 2.63. The van der Waals surface area contributed by atoms with E-state index in [1.54, 1.807) is 0 Å². The van der Waals surface area contributed by atoms with Gasteiger partial charge in [-0.2, -0.15) is 13.2 Å². The number of nitrogens with zero attached hydrogens (tertiary/aromatic N) is 3. The van der Waals surface area contributed by atoms with E-state index >= 15 is 0 Å². The Labute approximate surface area is 151 Å². The molecule has 3 rings (SSSR count). The van der Waals surface area contributed by atoms with Gasteiger partial charge in [-0.15, -0.1) is 0 Å². The van der Waals surface area contributed by atoms with Crippen LogP contribution in [0.1, 0.15) is 16.1 Å². The predicted molar refractivity (Wildman–Crippen MR) is 89.5 cm³/mol. The topological polar surface area (TPSA) is 67.4 Å². The number of ether oxygens (including phenoxy) is 1. The zero-order valence-corrected chi connectivity index (χ0v) is 14.1. The van der Waals surface area contributed by atoms with E-state index in [9.17, 15) is 18.0 Å². The maximum absolute atomic E-state index is 13.1. The van der Waals surface area contributed by atoms with Gasteiger partial charge in [-0.3, -0.25) is 4.79 Å². The Morgan fingerprint density at radius 2 is 1.96 bits per heavy atom. The summed E-state index contributed by atoms with van der Waals surface area (Å²) in [6.45, 7) is 2.17. The molecular weight excluding hydrogens is 373 g/mol. The SMILES string of the molecule is O=C(Nc1ccc(Cl)cc1C(F)(F)F)c1ccnc(N2CCOCC2)n1. The van der Waals surface area contributed by atoms with Gasteiger partial charge in [-0.1, -0.05) is 11.6 Å². The van der Waals surface area contributed by atoms with Crippen molar-refractivity contribution in [2.75, 3.05) is 36.5 Å². The molecule has 0 radical (unpaired) electrons. The summed E-state index contributed by atoms with van der Waals surface area (Å²) in [4.78, 5) is 22.4. The summed E-state index contributed by atoms with van der Waals surface area (Å²) < 4.78 is 44.6. The van der Waals surface area contributed by atoms with Crippen molar-refractivity contribution in [3.8, 4) is 0 Å². The molecule has 0 atom stereocenters. The van der Waals surface area contributed by atoms with Crippen molar-refractivity contribution in [1.29, 1.82) is 0 Å². The molecule has 1 amide bonds. The monoisotopic (exact) mass is 386 g/mol. The first kappa shape index (κ1) is 18.4. The molecule has 1 aliphatic heterocycles. The molecule has 26 heavy (non-hydrogen) atoms. The number of hydrogen-bond donors (Lipinski definition) is 1. The molecule has 2 aromatic rings. The van der Waals surface area contributed by atoms with Gasteiger partial charge in [0.2, 0.25) is 5.95 Å². The summed E-state index contributed by atoms with van der Waals surface area (Å²) in [5.41, 5.74) is -1.45. The van der Waals surface area contributed by atoms with Crippen LogP contribution < -0.4 is 10.2 Å². The predicted octanol–water partition coefficient (Wildman–Crippen LogP) is 3.24. The van der Waals surface area contributed by atoms with Crippen LogP contribution in [0.25, 0.3) is 0 Å². The fourth-order valence-corrected chi connectivity index (χ4v) is 2.61. The second-order valence-corrected chi connectivity index (χ2v) is 5.92. The van der Waals surface area contributed by atoms with Gasteiger partial charge in [0.05, 0.1) is 24.5 Å². The van der Waals surface area contributed by atoms with Gasteiger partial charge in [0.1, 0.15) is 5.69 Å². The summed E-state index contributed by atoms with van der Waals surface area (Å²) >= 11 is 5.63. The second kappa shape index (κ2) is 7.46. The minimum absolute atomic E-state index is 0.0374. The van der Waals surface area contributed by atoms with Crippen LogP contribution in [0.2, 0.25) is 5.02 Å². The highest BCUT2D eigenvalue weighted by Gasteiger charge is 2.34. The Morgan fingerprint density at radius 3 is 2.65 bits per heavy atom. The van der Waals surface area contributed by atoms with Crippen molar-refractivity contribution in [3.63, 3.8) is 0 Å². The molecule has 2 heterocycles. The van der Waals surface area contributed by atoms with Gasteiger partial charge >= 0.3 is 6.18 Å². The van der Waals surface area contributed by atoms with Gasteiger partial charge in [0, 0.05) is 24.3 Å². The van der Waals surface area contributed by atoms with Crippen LogP contribution in [-0.4, -0.2) is 42.2 Å². The summed E-state index contributed by atoms with van der Waals surface area (Å²) in [5.74, 6) is -0.442. The van der Waals surface area contributed by atoms with E-state index < -0.39 is 23.3 Å². The van der Waals surface area contributed by atoms with E-state index in [4.69, 9.17) is 16.3 Å². The molecule has 1 aromatic heterocycles. The normalized spacial score (nSPS) is 15.0. The molecule has 0 spiro atoms. The summed E-state index contributed by atoms with van der Waals surface area (Å²) in [7, 11) is 0. The van der Waals surface area contributed by atoms with Crippen molar-refractivity contribution in [2.45, 2.75) is 6.18 Å². The Bertz CT molecular complexity index is 810. The summed E-state index contributed by atoms with van der Waals surface area (Å²) in [5, 5.41) is 2.16. The average molecular weight is 387 g/mol. The van der Waals surface area contributed by atoms with Crippen LogP contribution in [0.15, 0.2) is 30.5 Å². The maximum atomic E-state index is 13.1. The van der Waals surface area contributed by atoms with Crippen molar-refractivity contribution in [3.05, 3.63) is 46.7 Å². The van der Waals surface area contributed by atoms with Crippen molar-refractivity contribution in [2.24, 2.45) is 0 Å². The van der Waals surface area contributed by atoms with Crippen LogP contribution in [0.3, 0.4) is 0 Å². The van der Waals surface area contributed by atoms with E-state index in [1.807, 2.05) is 4.90 Å². The number of carbonyl (C=O) groups is 1. The highest BCUT2D eigenvalue weighted by atomic mass is 35.5. The second-order valence-electron chi connectivity index (χ2n) is 5.48. The number of halogens is 4.